The van der Waals surface area contributed by atoms with Crippen LogP contribution < -0.4 is 4.74 Å². The number of esters is 2. The zero-order valence-corrected chi connectivity index (χ0v) is 15.5. The van der Waals surface area contributed by atoms with E-state index in [1.165, 1.54) is 6.92 Å². The molecule has 4 nitrogen and oxygen atoms in total. The predicted octanol–water partition coefficient (Wildman–Crippen LogP) is 4.42. The molecule has 0 radical (unpaired) electrons. The summed E-state index contributed by atoms with van der Waals surface area (Å²) in [5.41, 5.74) is 2.73. The molecule has 0 aliphatic carbocycles. The summed E-state index contributed by atoms with van der Waals surface area (Å²) < 4.78 is 10.4. The lowest BCUT2D eigenvalue weighted by Gasteiger charge is -2.15. The molecule has 1 atom stereocenters. The minimum Gasteiger partial charge on any atom is -0.463 e. The number of carbonyl (C=O) groups is 2. The summed E-state index contributed by atoms with van der Waals surface area (Å²) >= 11 is 1.67. The molecule has 1 heterocycles. The van der Waals surface area contributed by atoms with Crippen molar-refractivity contribution in [2.45, 2.75) is 19.8 Å². The van der Waals surface area contributed by atoms with Gasteiger partial charge in [-0.15, -0.1) is 11.8 Å². The number of hydrogen-bond donors (Lipinski definition) is 0. The topological polar surface area (TPSA) is 52.6 Å². The number of thioether (sulfide) groups is 1. The molecule has 5 heteroatoms. The Balaban J connectivity index is 1.97. The van der Waals surface area contributed by atoms with Gasteiger partial charge in [-0.3, -0.25) is 4.79 Å². The van der Waals surface area contributed by atoms with E-state index in [-0.39, 0.29) is 17.9 Å². The maximum atomic E-state index is 12.7. The van der Waals surface area contributed by atoms with Gasteiger partial charge in [-0.25, -0.2) is 4.79 Å². The van der Waals surface area contributed by atoms with E-state index in [0.29, 0.717) is 17.9 Å². The Morgan fingerprint density at radius 3 is 2.38 bits per heavy atom. The average Bonchev–Trinajstić information content (AvgIpc) is 3.08. The third-order valence-corrected chi connectivity index (χ3v) is 5.31. The largest absolute Gasteiger partial charge is 0.463 e. The summed E-state index contributed by atoms with van der Waals surface area (Å²) in [6, 6.07) is 17.2. The lowest BCUT2D eigenvalue weighted by Crippen LogP contribution is -2.14. The van der Waals surface area contributed by atoms with Crippen LogP contribution in [0.5, 0.6) is 5.75 Å². The molecule has 0 bridgehead atoms. The molecule has 0 spiro atoms. The zero-order chi connectivity index (χ0) is 18.5. The maximum Gasteiger partial charge on any atom is 0.335 e. The van der Waals surface area contributed by atoms with Gasteiger partial charge in [0, 0.05) is 23.5 Å². The van der Waals surface area contributed by atoms with Gasteiger partial charge < -0.3 is 9.47 Å². The van der Waals surface area contributed by atoms with Crippen LogP contribution in [-0.2, 0) is 14.3 Å². The van der Waals surface area contributed by atoms with Crippen LogP contribution in [0.1, 0.15) is 30.9 Å². The minimum absolute atomic E-state index is 0.0550. The highest BCUT2D eigenvalue weighted by Crippen LogP contribution is 2.47. The Morgan fingerprint density at radius 2 is 1.77 bits per heavy atom. The van der Waals surface area contributed by atoms with E-state index in [0.717, 1.165) is 21.8 Å². The molecular weight excluding hydrogens is 348 g/mol. The molecule has 2 aromatic carbocycles. The molecule has 0 N–H and O–H groups in total. The molecule has 0 saturated heterocycles. The summed E-state index contributed by atoms with van der Waals surface area (Å²) in [6.07, 6.45) is 0. The Labute approximate surface area is 157 Å². The summed E-state index contributed by atoms with van der Waals surface area (Å²) in [5, 5.41) is 0. The summed E-state index contributed by atoms with van der Waals surface area (Å²) in [5.74, 6) is 0.584. The van der Waals surface area contributed by atoms with E-state index in [1.54, 1.807) is 23.9 Å². The normalized spacial score (nSPS) is 16.5. The quantitative estimate of drug-likeness (QED) is 0.578. The molecule has 1 aliphatic heterocycles. The number of hydrogen-bond acceptors (Lipinski definition) is 5. The average molecular weight is 368 g/mol. The van der Waals surface area contributed by atoms with Gasteiger partial charge in [-0.1, -0.05) is 42.5 Å². The Kier molecular flexibility index (Phi) is 5.78. The number of benzene rings is 2. The molecule has 0 saturated carbocycles. The van der Waals surface area contributed by atoms with E-state index < -0.39 is 0 Å². The molecule has 26 heavy (non-hydrogen) atoms. The molecule has 1 unspecified atom stereocenters. The SMILES string of the molecule is CCOC(=O)C1=C(c2ccccc2)SCC1c1ccc(OC(C)=O)cc1. The smallest absolute Gasteiger partial charge is 0.335 e. The molecule has 134 valence electrons. The fourth-order valence-corrected chi connectivity index (χ4v) is 4.33. The predicted molar refractivity (Wildman–Crippen MR) is 103 cm³/mol. The second-order valence-electron chi connectivity index (χ2n) is 5.86. The Bertz CT molecular complexity index is 825. The molecule has 3 rings (SSSR count). The first kappa shape index (κ1) is 18.3. The van der Waals surface area contributed by atoms with Crippen molar-refractivity contribution < 1.29 is 19.1 Å². The first-order valence-corrected chi connectivity index (χ1v) is 9.46. The number of rotatable bonds is 5. The monoisotopic (exact) mass is 368 g/mol. The Morgan fingerprint density at radius 1 is 1.08 bits per heavy atom. The molecule has 2 aromatic rings. The number of ether oxygens (including phenoxy) is 2. The highest BCUT2D eigenvalue weighted by molar-refractivity contribution is 8.08. The lowest BCUT2D eigenvalue weighted by molar-refractivity contribution is -0.138. The molecule has 0 amide bonds. The van der Waals surface area contributed by atoms with Crippen LogP contribution in [0.2, 0.25) is 0 Å². The van der Waals surface area contributed by atoms with Crippen LogP contribution in [0.25, 0.3) is 4.91 Å². The highest BCUT2D eigenvalue weighted by atomic mass is 32.2. The van der Waals surface area contributed by atoms with Crippen LogP contribution >= 0.6 is 11.8 Å². The van der Waals surface area contributed by atoms with Crippen LogP contribution in [0, 0.1) is 0 Å². The van der Waals surface area contributed by atoms with Crippen molar-refractivity contribution >= 4 is 28.6 Å². The number of carbonyl (C=O) groups excluding carboxylic acids is 2. The van der Waals surface area contributed by atoms with Gasteiger partial charge in [0.05, 0.1) is 12.2 Å². The van der Waals surface area contributed by atoms with Crippen LogP contribution in [-0.4, -0.2) is 24.3 Å². The standard InChI is InChI=1S/C21H20O4S/c1-3-24-21(23)19-18(13-26-20(19)16-7-5-4-6-8-16)15-9-11-17(12-10-15)25-14(2)22/h4-12,18H,3,13H2,1-2H3. The first-order valence-electron chi connectivity index (χ1n) is 8.48. The van der Waals surface area contributed by atoms with Crippen molar-refractivity contribution in [2.24, 2.45) is 0 Å². The first-order chi connectivity index (χ1) is 12.6. The van der Waals surface area contributed by atoms with Crippen LogP contribution in [0.3, 0.4) is 0 Å². The van der Waals surface area contributed by atoms with E-state index in [2.05, 4.69) is 0 Å². The minimum atomic E-state index is -0.354. The van der Waals surface area contributed by atoms with Gasteiger partial charge in [0.25, 0.3) is 0 Å². The van der Waals surface area contributed by atoms with Gasteiger partial charge in [0.15, 0.2) is 0 Å². The zero-order valence-electron chi connectivity index (χ0n) is 14.7. The lowest BCUT2D eigenvalue weighted by atomic mass is 9.91. The molecule has 0 fully saturated rings. The molecule has 0 aromatic heterocycles. The summed E-state index contributed by atoms with van der Waals surface area (Å²) in [6.45, 7) is 3.52. The molecule has 1 aliphatic rings. The van der Waals surface area contributed by atoms with Gasteiger partial charge in [-0.2, -0.15) is 0 Å². The second kappa shape index (κ2) is 8.23. The highest BCUT2D eigenvalue weighted by Gasteiger charge is 2.34. The van der Waals surface area contributed by atoms with Crippen molar-refractivity contribution in [3.63, 3.8) is 0 Å². The third-order valence-electron chi connectivity index (χ3n) is 4.06. The van der Waals surface area contributed by atoms with Crippen molar-refractivity contribution in [3.05, 3.63) is 71.3 Å². The fraction of sp³-hybridized carbons (Fsp3) is 0.238. The van der Waals surface area contributed by atoms with Gasteiger partial charge in [-0.05, 0) is 30.2 Å². The second-order valence-corrected chi connectivity index (χ2v) is 6.89. The molecular formula is C21H20O4S. The van der Waals surface area contributed by atoms with E-state index in [9.17, 15) is 9.59 Å². The van der Waals surface area contributed by atoms with Gasteiger partial charge in [0.2, 0.25) is 0 Å². The van der Waals surface area contributed by atoms with Crippen molar-refractivity contribution in [3.8, 4) is 5.75 Å². The van der Waals surface area contributed by atoms with Gasteiger partial charge >= 0.3 is 11.9 Å². The van der Waals surface area contributed by atoms with E-state index in [4.69, 9.17) is 9.47 Å². The van der Waals surface area contributed by atoms with Gasteiger partial charge in [0.1, 0.15) is 5.75 Å². The fourth-order valence-electron chi connectivity index (χ4n) is 2.96. The van der Waals surface area contributed by atoms with Crippen molar-refractivity contribution in [1.82, 2.24) is 0 Å². The van der Waals surface area contributed by atoms with Crippen LogP contribution in [0.15, 0.2) is 60.2 Å². The van der Waals surface area contributed by atoms with Crippen molar-refractivity contribution in [2.75, 3.05) is 12.4 Å². The summed E-state index contributed by atoms with van der Waals surface area (Å²) in [4.78, 5) is 24.7. The van der Waals surface area contributed by atoms with E-state index >= 15 is 0 Å². The third kappa shape index (κ3) is 3.99. The van der Waals surface area contributed by atoms with Crippen LogP contribution in [0.4, 0.5) is 0 Å². The Hall–Kier alpha value is -2.53. The maximum absolute atomic E-state index is 12.7. The van der Waals surface area contributed by atoms with Crippen molar-refractivity contribution in [1.29, 1.82) is 0 Å². The van der Waals surface area contributed by atoms with E-state index in [1.807, 2.05) is 49.4 Å². The summed E-state index contributed by atoms with van der Waals surface area (Å²) in [7, 11) is 0.